The van der Waals surface area contributed by atoms with Gasteiger partial charge >= 0.3 is 0 Å². The van der Waals surface area contributed by atoms with Gasteiger partial charge in [0.15, 0.2) is 10.8 Å². The topological polar surface area (TPSA) is 116 Å². The van der Waals surface area contributed by atoms with E-state index in [4.69, 9.17) is 5.73 Å². The molecule has 0 saturated heterocycles. The summed E-state index contributed by atoms with van der Waals surface area (Å²) in [5.41, 5.74) is 6.83. The van der Waals surface area contributed by atoms with E-state index in [1.165, 1.54) is 17.1 Å². The maximum absolute atomic E-state index is 12.1. The monoisotopic (exact) mass is 282 g/mol. The SMILES string of the molecule is Cc1cnc(CNS(=O)(=O)c2c(N)ncn2C)cn1. The van der Waals surface area contributed by atoms with Gasteiger partial charge in [0.2, 0.25) is 0 Å². The van der Waals surface area contributed by atoms with Crippen molar-refractivity contribution >= 4 is 15.8 Å². The van der Waals surface area contributed by atoms with E-state index in [1.807, 2.05) is 0 Å². The van der Waals surface area contributed by atoms with Crippen molar-refractivity contribution in [3.63, 3.8) is 0 Å². The minimum Gasteiger partial charge on any atom is -0.381 e. The summed E-state index contributed by atoms with van der Waals surface area (Å²) in [5.74, 6) is -0.0370. The van der Waals surface area contributed by atoms with E-state index in [9.17, 15) is 8.42 Å². The molecule has 8 nitrogen and oxygen atoms in total. The zero-order chi connectivity index (χ0) is 14.0. The van der Waals surface area contributed by atoms with Crippen molar-refractivity contribution in [3.8, 4) is 0 Å². The van der Waals surface area contributed by atoms with Gasteiger partial charge in [0.25, 0.3) is 10.0 Å². The predicted octanol–water partition coefficient (Wildman–Crippen LogP) is -0.421. The second kappa shape index (κ2) is 4.94. The largest absolute Gasteiger partial charge is 0.381 e. The predicted molar refractivity (Wildman–Crippen MR) is 68.4 cm³/mol. The Kier molecular flexibility index (Phi) is 3.49. The molecular weight excluding hydrogens is 268 g/mol. The number of sulfonamides is 1. The maximum atomic E-state index is 12.1. The van der Waals surface area contributed by atoms with Crippen molar-refractivity contribution in [3.05, 3.63) is 30.1 Å². The Hall–Kier alpha value is -2.00. The third-order valence-corrected chi connectivity index (χ3v) is 3.97. The Morgan fingerprint density at radius 2 is 2.05 bits per heavy atom. The van der Waals surface area contributed by atoms with Crippen molar-refractivity contribution in [1.82, 2.24) is 24.2 Å². The lowest BCUT2D eigenvalue weighted by Gasteiger charge is -2.07. The molecule has 102 valence electrons. The van der Waals surface area contributed by atoms with Gasteiger partial charge < -0.3 is 10.3 Å². The number of imidazole rings is 1. The van der Waals surface area contributed by atoms with Gasteiger partial charge in [-0.3, -0.25) is 9.97 Å². The van der Waals surface area contributed by atoms with Crippen molar-refractivity contribution in [2.45, 2.75) is 18.5 Å². The lowest BCUT2D eigenvalue weighted by molar-refractivity contribution is 0.570. The number of nitrogen functional groups attached to an aromatic ring is 1. The van der Waals surface area contributed by atoms with E-state index in [0.717, 1.165) is 5.69 Å². The molecule has 0 aliphatic heterocycles. The van der Waals surface area contributed by atoms with Crippen LogP contribution in [0.4, 0.5) is 5.82 Å². The highest BCUT2D eigenvalue weighted by molar-refractivity contribution is 7.89. The Morgan fingerprint density at radius 3 is 2.58 bits per heavy atom. The zero-order valence-corrected chi connectivity index (χ0v) is 11.3. The number of nitrogens with zero attached hydrogens (tertiary/aromatic N) is 4. The van der Waals surface area contributed by atoms with Gasteiger partial charge in [-0.1, -0.05) is 0 Å². The quantitative estimate of drug-likeness (QED) is 0.786. The molecule has 0 aliphatic rings. The first-order valence-electron chi connectivity index (χ1n) is 5.44. The van der Waals surface area contributed by atoms with Gasteiger partial charge in [-0.15, -0.1) is 0 Å². The van der Waals surface area contributed by atoms with Gasteiger partial charge in [0.05, 0.1) is 30.5 Å². The average molecular weight is 282 g/mol. The first kappa shape index (κ1) is 13.4. The van der Waals surface area contributed by atoms with Gasteiger partial charge in [-0.25, -0.2) is 18.1 Å². The lowest BCUT2D eigenvalue weighted by atomic mass is 10.4. The highest BCUT2D eigenvalue weighted by Crippen LogP contribution is 2.15. The van der Waals surface area contributed by atoms with Gasteiger partial charge in [0.1, 0.15) is 0 Å². The van der Waals surface area contributed by atoms with Crippen molar-refractivity contribution in [2.75, 3.05) is 5.73 Å². The number of aromatic nitrogens is 4. The van der Waals surface area contributed by atoms with Crippen LogP contribution in [0.25, 0.3) is 0 Å². The number of rotatable bonds is 4. The molecular formula is C10H14N6O2S. The van der Waals surface area contributed by atoms with Gasteiger partial charge in [-0.05, 0) is 6.92 Å². The molecule has 19 heavy (non-hydrogen) atoms. The summed E-state index contributed by atoms with van der Waals surface area (Å²) in [4.78, 5) is 11.8. The fraction of sp³-hybridized carbons (Fsp3) is 0.300. The molecule has 0 radical (unpaired) electrons. The molecule has 0 saturated carbocycles. The van der Waals surface area contributed by atoms with Crippen molar-refractivity contribution < 1.29 is 8.42 Å². The van der Waals surface area contributed by atoms with Crippen molar-refractivity contribution in [2.24, 2.45) is 7.05 Å². The molecule has 2 heterocycles. The third-order valence-electron chi connectivity index (χ3n) is 2.44. The minimum absolute atomic E-state index is 0.0370. The van der Waals surface area contributed by atoms with E-state index < -0.39 is 10.0 Å². The van der Waals surface area contributed by atoms with Crippen LogP contribution < -0.4 is 10.5 Å². The van der Waals surface area contributed by atoms with Crippen LogP contribution >= 0.6 is 0 Å². The number of nitrogens with two attached hydrogens (primary N) is 1. The highest BCUT2D eigenvalue weighted by atomic mass is 32.2. The van der Waals surface area contributed by atoms with Crippen LogP contribution in [0.2, 0.25) is 0 Å². The Labute approximate surface area is 110 Å². The maximum Gasteiger partial charge on any atom is 0.260 e. The van der Waals surface area contributed by atoms with Crippen molar-refractivity contribution in [1.29, 1.82) is 0 Å². The molecule has 9 heteroatoms. The minimum atomic E-state index is -3.73. The summed E-state index contributed by atoms with van der Waals surface area (Å²) >= 11 is 0. The Bertz CT molecular complexity index is 657. The molecule has 3 N–H and O–H groups in total. The van der Waals surface area contributed by atoms with E-state index in [0.29, 0.717) is 5.69 Å². The van der Waals surface area contributed by atoms with Crippen LogP contribution in [-0.4, -0.2) is 27.9 Å². The third kappa shape index (κ3) is 2.88. The van der Waals surface area contributed by atoms with Gasteiger partial charge in [0, 0.05) is 13.2 Å². The zero-order valence-electron chi connectivity index (χ0n) is 10.5. The number of aryl methyl sites for hydroxylation is 2. The summed E-state index contributed by atoms with van der Waals surface area (Å²) in [6.07, 6.45) is 4.43. The molecule has 2 rings (SSSR count). The smallest absolute Gasteiger partial charge is 0.260 e. The summed E-state index contributed by atoms with van der Waals surface area (Å²) in [7, 11) is -2.17. The van der Waals surface area contributed by atoms with Crippen LogP contribution in [0.1, 0.15) is 11.4 Å². The first-order chi connectivity index (χ1) is 8.90. The number of hydrogen-bond donors (Lipinski definition) is 2. The number of anilines is 1. The molecule has 0 aromatic carbocycles. The van der Waals surface area contributed by atoms with Gasteiger partial charge in [-0.2, -0.15) is 0 Å². The molecule has 0 atom stereocenters. The Morgan fingerprint density at radius 1 is 1.32 bits per heavy atom. The molecule has 2 aromatic heterocycles. The highest BCUT2D eigenvalue weighted by Gasteiger charge is 2.22. The molecule has 0 fully saturated rings. The molecule has 0 spiro atoms. The summed E-state index contributed by atoms with van der Waals surface area (Å²) in [5, 5.41) is -0.0624. The van der Waals surface area contributed by atoms with E-state index in [1.54, 1.807) is 20.2 Å². The average Bonchev–Trinajstić information content (AvgIpc) is 2.69. The van der Waals surface area contributed by atoms with E-state index >= 15 is 0 Å². The second-order valence-corrected chi connectivity index (χ2v) is 5.70. The number of hydrogen-bond acceptors (Lipinski definition) is 6. The molecule has 0 bridgehead atoms. The summed E-state index contributed by atoms with van der Waals surface area (Å²) in [6.45, 7) is 1.84. The molecule has 0 unspecified atom stereocenters. The van der Waals surface area contributed by atoms with Crippen LogP contribution in [-0.2, 0) is 23.6 Å². The van der Waals surface area contributed by atoms with E-state index in [-0.39, 0.29) is 17.4 Å². The van der Waals surface area contributed by atoms with E-state index in [2.05, 4.69) is 19.7 Å². The summed E-state index contributed by atoms with van der Waals surface area (Å²) < 4.78 is 27.9. The van der Waals surface area contributed by atoms with Crippen LogP contribution in [0.5, 0.6) is 0 Å². The number of nitrogens with one attached hydrogen (secondary N) is 1. The normalized spacial score (nSPS) is 11.7. The van der Waals surface area contributed by atoms with Crippen LogP contribution in [0.15, 0.2) is 23.7 Å². The fourth-order valence-electron chi connectivity index (χ4n) is 1.51. The second-order valence-electron chi connectivity index (χ2n) is 4.02. The standard InChI is InChI=1S/C10H14N6O2S/c1-7-3-13-8(4-12-7)5-15-19(17,18)10-9(11)14-6-16(10)2/h3-4,6,15H,5,11H2,1-2H3. The van der Waals surface area contributed by atoms with Crippen LogP contribution in [0, 0.1) is 6.92 Å². The Balaban J connectivity index is 2.17. The lowest BCUT2D eigenvalue weighted by Crippen LogP contribution is -2.26. The first-order valence-corrected chi connectivity index (χ1v) is 6.92. The van der Waals surface area contributed by atoms with Crippen LogP contribution in [0.3, 0.4) is 0 Å². The molecule has 0 aliphatic carbocycles. The molecule has 2 aromatic rings. The molecule has 0 amide bonds. The fourth-order valence-corrected chi connectivity index (χ4v) is 2.74. The summed E-state index contributed by atoms with van der Waals surface area (Å²) in [6, 6.07) is 0.